The first-order valence-corrected chi connectivity index (χ1v) is 12.7. The molecule has 36 heavy (non-hydrogen) atoms. The van der Waals surface area contributed by atoms with Crippen LogP contribution in [0, 0.1) is 0 Å². The molecule has 2 amide bonds. The van der Waals surface area contributed by atoms with Crippen LogP contribution in [0.3, 0.4) is 0 Å². The third-order valence-electron chi connectivity index (χ3n) is 6.51. The smallest absolute Gasteiger partial charge is 0.273 e. The zero-order valence-corrected chi connectivity index (χ0v) is 20.3. The molecule has 1 saturated heterocycles. The number of para-hydroxylation sites is 2. The number of hydrogen-bond donors (Lipinski definition) is 1. The van der Waals surface area contributed by atoms with Crippen molar-refractivity contribution in [3.8, 4) is 16.3 Å². The van der Waals surface area contributed by atoms with Crippen LogP contribution < -0.4 is 0 Å². The summed E-state index contributed by atoms with van der Waals surface area (Å²) in [6.07, 6.45) is 5.94. The van der Waals surface area contributed by atoms with Gasteiger partial charge in [0.05, 0.1) is 18.3 Å². The minimum Gasteiger partial charge on any atom is -0.361 e. The van der Waals surface area contributed by atoms with Gasteiger partial charge >= 0.3 is 0 Å². The molecule has 0 radical (unpaired) electrons. The number of rotatable bonds is 5. The lowest BCUT2D eigenvalue weighted by atomic mass is 10.1. The van der Waals surface area contributed by atoms with Gasteiger partial charge < -0.3 is 14.8 Å². The lowest BCUT2D eigenvalue weighted by Gasteiger charge is -2.34. The highest BCUT2D eigenvalue weighted by Gasteiger charge is 2.26. The van der Waals surface area contributed by atoms with E-state index in [4.69, 9.17) is 0 Å². The van der Waals surface area contributed by atoms with Crippen LogP contribution in [-0.2, 0) is 11.2 Å². The van der Waals surface area contributed by atoms with E-state index in [0.717, 1.165) is 32.7 Å². The van der Waals surface area contributed by atoms with Gasteiger partial charge in [-0.2, -0.15) is 5.10 Å². The Morgan fingerprint density at radius 2 is 1.69 bits per heavy atom. The monoisotopic (exact) mass is 496 g/mol. The van der Waals surface area contributed by atoms with Crippen LogP contribution in [0.5, 0.6) is 0 Å². The van der Waals surface area contributed by atoms with Gasteiger partial charge in [-0.05, 0) is 23.8 Å². The van der Waals surface area contributed by atoms with E-state index < -0.39 is 0 Å². The van der Waals surface area contributed by atoms with E-state index in [1.165, 1.54) is 11.3 Å². The summed E-state index contributed by atoms with van der Waals surface area (Å²) in [5, 5.41) is 8.06. The molecule has 5 aromatic rings. The van der Waals surface area contributed by atoms with Crippen LogP contribution in [0.2, 0.25) is 0 Å². The van der Waals surface area contributed by atoms with Gasteiger partial charge in [0.2, 0.25) is 5.91 Å². The molecule has 4 heterocycles. The average molecular weight is 497 g/mol. The van der Waals surface area contributed by atoms with Gasteiger partial charge in [0.25, 0.3) is 5.91 Å². The Balaban J connectivity index is 1.07. The van der Waals surface area contributed by atoms with Crippen LogP contribution in [-0.4, -0.2) is 67.5 Å². The molecule has 180 valence electrons. The summed E-state index contributed by atoms with van der Waals surface area (Å²) in [7, 11) is 0. The number of thiazole rings is 1. The van der Waals surface area contributed by atoms with Gasteiger partial charge in [-0.1, -0.05) is 36.4 Å². The van der Waals surface area contributed by atoms with Gasteiger partial charge in [0.1, 0.15) is 10.7 Å². The Kier molecular flexibility index (Phi) is 5.82. The van der Waals surface area contributed by atoms with Crippen molar-refractivity contribution in [1.82, 2.24) is 29.5 Å². The summed E-state index contributed by atoms with van der Waals surface area (Å²) in [6.45, 7) is 2.04. The summed E-state index contributed by atoms with van der Waals surface area (Å²) in [5.41, 5.74) is 4.30. The fraction of sp³-hybridized carbons (Fsp3) is 0.185. The SMILES string of the molecule is O=C(Cc1c[nH]c2ccccc12)N1CCN(C(=O)c2csc(-c3cnn(-c4ccccc4)c3)n2)CC1. The maximum Gasteiger partial charge on any atom is 0.273 e. The number of hydrogen-bond acceptors (Lipinski definition) is 5. The largest absolute Gasteiger partial charge is 0.361 e. The third-order valence-corrected chi connectivity index (χ3v) is 7.40. The van der Waals surface area contributed by atoms with Crippen molar-refractivity contribution in [2.24, 2.45) is 0 Å². The lowest BCUT2D eigenvalue weighted by molar-refractivity contribution is -0.131. The van der Waals surface area contributed by atoms with E-state index in [-0.39, 0.29) is 11.8 Å². The highest BCUT2D eigenvalue weighted by Crippen LogP contribution is 2.25. The Hall–Kier alpha value is -4.24. The fourth-order valence-corrected chi connectivity index (χ4v) is 5.30. The number of H-pyrrole nitrogens is 1. The van der Waals surface area contributed by atoms with E-state index in [1.54, 1.807) is 21.2 Å². The Bertz CT molecular complexity index is 1530. The fourth-order valence-electron chi connectivity index (χ4n) is 4.53. The molecule has 9 heteroatoms. The number of aromatic nitrogens is 4. The molecule has 1 aliphatic heterocycles. The predicted octanol–water partition coefficient (Wildman–Crippen LogP) is 4.00. The summed E-state index contributed by atoms with van der Waals surface area (Å²) in [4.78, 5) is 37.4. The van der Waals surface area contributed by atoms with Crippen LogP contribution >= 0.6 is 11.3 Å². The molecule has 0 bridgehead atoms. The first-order chi connectivity index (χ1) is 17.7. The van der Waals surface area contributed by atoms with Crippen molar-refractivity contribution in [1.29, 1.82) is 0 Å². The molecule has 0 saturated carbocycles. The quantitative estimate of drug-likeness (QED) is 0.398. The zero-order chi connectivity index (χ0) is 24.5. The normalized spacial score (nSPS) is 13.9. The molecule has 1 fully saturated rings. The van der Waals surface area contributed by atoms with E-state index in [2.05, 4.69) is 15.1 Å². The van der Waals surface area contributed by atoms with Crippen molar-refractivity contribution in [2.75, 3.05) is 26.2 Å². The van der Waals surface area contributed by atoms with E-state index in [9.17, 15) is 9.59 Å². The van der Waals surface area contributed by atoms with Crippen molar-refractivity contribution in [3.05, 3.63) is 89.8 Å². The maximum absolute atomic E-state index is 13.1. The molecule has 6 rings (SSSR count). The number of fused-ring (bicyclic) bond motifs is 1. The molecule has 0 unspecified atom stereocenters. The van der Waals surface area contributed by atoms with Crippen molar-refractivity contribution >= 4 is 34.1 Å². The summed E-state index contributed by atoms with van der Waals surface area (Å²) >= 11 is 1.43. The molecule has 1 aliphatic rings. The van der Waals surface area contributed by atoms with Crippen molar-refractivity contribution in [2.45, 2.75) is 6.42 Å². The molecular formula is C27H24N6O2S. The van der Waals surface area contributed by atoms with Crippen LogP contribution in [0.15, 0.2) is 78.6 Å². The topological polar surface area (TPSA) is 87.1 Å². The molecule has 2 aromatic carbocycles. The molecule has 8 nitrogen and oxygen atoms in total. The first-order valence-electron chi connectivity index (χ1n) is 11.8. The number of nitrogens with one attached hydrogen (secondary N) is 1. The maximum atomic E-state index is 13.1. The Morgan fingerprint density at radius 1 is 0.944 bits per heavy atom. The van der Waals surface area contributed by atoms with E-state index in [1.807, 2.05) is 71.9 Å². The van der Waals surface area contributed by atoms with Gasteiger partial charge in [0.15, 0.2) is 0 Å². The summed E-state index contributed by atoms with van der Waals surface area (Å²) < 4.78 is 1.80. The number of nitrogens with zero attached hydrogens (tertiary/aromatic N) is 5. The number of carbonyl (C=O) groups is 2. The third kappa shape index (κ3) is 4.29. The Labute approximate surface area is 211 Å². The number of benzene rings is 2. The molecule has 1 N–H and O–H groups in total. The molecule has 0 atom stereocenters. The minimum absolute atomic E-state index is 0.0817. The average Bonchev–Trinajstić information content (AvgIpc) is 3.69. The summed E-state index contributed by atoms with van der Waals surface area (Å²) in [5.74, 6) is -0.0186. The van der Waals surface area contributed by atoms with Gasteiger partial charge in [-0.3, -0.25) is 9.59 Å². The number of aromatic amines is 1. The van der Waals surface area contributed by atoms with Gasteiger partial charge in [-0.25, -0.2) is 9.67 Å². The number of piperazine rings is 1. The number of carbonyl (C=O) groups excluding carboxylic acids is 2. The van der Waals surface area contributed by atoms with Crippen molar-refractivity contribution in [3.63, 3.8) is 0 Å². The predicted molar refractivity (Wildman–Crippen MR) is 139 cm³/mol. The standard InChI is InChI=1S/C27H24N6O2S/c34-25(14-19-15-28-23-9-5-4-8-22(19)23)31-10-12-32(13-11-31)27(35)24-18-36-26(30-24)20-16-29-33(17-20)21-6-2-1-3-7-21/h1-9,15-18,28H,10-14H2. The van der Waals surface area contributed by atoms with Crippen LogP contribution in [0.1, 0.15) is 16.1 Å². The first kappa shape index (κ1) is 22.2. The second kappa shape index (κ2) is 9.43. The second-order valence-corrected chi connectivity index (χ2v) is 9.61. The van der Waals surface area contributed by atoms with Gasteiger partial charge in [0, 0.05) is 60.4 Å². The summed E-state index contributed by atoms with van der Waals surface area (Å²) in [6, 6.07) is 17.9. The second-order valence-electron chi connectivity index (χ2n) is 8.76. The molecule has 3 aromatic heterocycles. The lowest BCUT2D eigenvalue weighted by Crippen LogP contribution is -2.51. The van der Waals surface area contributed by atoms with Crippen LogP contribution in [0.4, 0.5) is 0 Å². The van der Waals surface area contributed by atoms with Gasteiger partial charge in [-0.15, -0.1) is 11.3 Å². The van der Waals surface area contributed by atoms with Crippen LogP contribution in [0.25, 0.3) is 27.2 Å². The zero-order valence-electron chi connectivity index (χ0n) is 19.5. The molecular weight excluding hydrogens is 472 g/mol. The number of amides is 2. The minimum atomic E-state index is -0.100. The van der Waals surface area contributed by atoms with E-state index >= 15 is 0 Å². The van der Waals surface area contributed by atoms with E-state index in [0.29, 0.717) is 38.3 Å². The molecule has 0 aliphatic carbocycles. The molecule has 0 spiro atoms. The van der Waals surface area contributed by atoms with Crippen molar-refractivity contribution < 1.29 is 9.59 Å². The highest BCUT2D eigenvalue weighted by molar-refractivity contribution is 7.13. The Morgan fingerprint density at radius 3 is 2.53 bits per heavy atom. The highest BCUT2D eigenvalue weighted by atomic mass is 32.1.